The van der Waals surface area contributed by atoms with Crippen LogP contribution in [0.4, 0.5) is 24.5 Å². The molecule has 2 rings (SSSR count). The van der Waals surface area contributed by atoms with Crippen molar-refractivity contribution >= 4 is 35.1 Å². The summed E-state index contributed by atoms with van der Waals surface area (Å²) in [5.74, 6) is -2.80. The summed E-state index contributed by atoms with van der Waals surface area (Å²) in [6, 6.07) is 10.4. The fourth-order valence-electron chi connectivity index (χ4n) is 2.77. The zero-order valence-electron chi connectivity index (χ0n) is 18.9. The van der Waals surface area contributed by atoms with Crippen LogP contribution >= 0.6 is 0 Å². The molecule has 0 heterocycles. The van der Waals surface area contributed by atoms with Crippen LogP contribution < -0.4 is 10.6 Å². The quantitative estimate of drug-likeness (QED) is 0.350. The number of ether oxygens (including phenoxy) is 2. The van der Waals surface area contributed by atoms with Crippen LogP contribution in [0.3, 0.4) is 0 Å². The van der Waals surface area contributed by atoms with Gasteiger partial charge in [0, 0.05) is 12.1 Å². The molecule has 0 fully saturated rings. The average Bonchev–Trinajstić information content (AvgIpc) is 2.81. The average molecular weight is 494 g/mol. The molecule has 8 nitrogen and oxygen atoms in total. The number of amides is 2. The highest BCUT2D eigenvalue weighted by Crippen LogP contribution is 2.34. The van der Waals surface area contributed by atoms with E-state index in [1.165, 1.54) is 36.4 Å². The maximum absolute atomic E-state index is 13.0. The standard InChI is InChI=1S/C24H25F3N2O6/c1-2-3-14-34-23(33)16-8-10-17(11-9-16)28-20(30)12-13-22(32)35-15-21(31)29-19-7-5-4-6-18(19)24(25,26)27/h4-11H,2-3,12-15H2,1H3,(H,28,30)(H,29,31). The Kier molecular flexibility index (Phi) is 10.2. The molecule has 0 saturated carbocycles. The number of carbonyl (C=O) groups excluding carboxylic acids is 4. The van der Waals surface area contributed by atoms with Crippen molar-refractivity contribution in [1.82, 2.24) is 0 Å². The summed E-state index contributed by atoms with van der Waals surface area (Å²) >= 11 is 0. The number of carbonyl (C=O) groups is 4. The van der Waals surface area contributed by atoms with Crippen LogP contribution in [0.5, 0.6) is 0 Å². The van der Waals surface area contributed by atoms with Crippen LogP contribution in [0.1, 0.15) is 48.5 Å². The SMILES string of the molecule is CCCCOC(=O)c1ccc(NC(=O)CCC(=O)OCC(=O)Nc2ccccc2C(F)(F)F)cc1. The Morgan fingerprint density at radius 1 is 0.857 bits per heavy atom. The molecule has 2 N–H and O–H groups in total. The number of hydrogen-bond acceptors (Lipinski definition) is 6. The van der Waals surface area contributed by atoms with E-state index in [9.17, 15) is 32.3 Å². The van der Waals surface area contributed by atoms with Crippen molar-refractivity contribution in [3.63, 3.8) is 0 Å². The second kappa shape index (κ2) is 13.1. The van der Waals surface area contributed by atoms with E-state index in [4.69, 9.17) is 9.47 Å². The number of anilines is 2. The molecule has 0 spiro atoms. The molecule has 0 aromatic heterocycles. The summed E-state index contributed by atoms with van der Waals surface area (Å²) in [5, 5.41) is 4.60. The lowest BCUT2D eigenvalue weighted by Crippen LogP contribution is -2.23. The molecule has 0 radical (unpaired) electrons. The van der Waals surface area contributed by atoms with E-state index in [-0.39, 0.29) is 12.8 Å². The number of esters is 2. The number of benzene rings is 2. The molecule has 0 saturated heterocycles. The highest BCUT2D eigenvalue weighted by molar-refractivity contribution is 5.95. The molecule has 0 aliphatic rings. The van der Waals surface area contributed by atoms with Crippen LogP contribution in [-0.2, 0) is 30.0 Å². The maximum Gasteiger partial charge on any atom is 0.418 e. The van der Waals surface area contributed by atoms with E-state index in [2.05, 4.69) is 5.32 Å². The van der Waals surface area contributed by atoms with Gasteiger partial charge in [0.25, 0.3) is 5.91 Å². The van der Waals surface area contributed by atoms with Crippen LogP contribution in [-0.4, -0.2) is 37.0 Å². The van der Waals surface area contributed by atoms with Gasteiger partial charge in [0.05, 0.1) is 29.8 Å². The number of halogens is 3. The smallest absolute Gasteiger partial charge is 0.418 e. The van der Waals surface area contributed by atoms with Crippen molar-refractivity contribution in [2.24, 2.45) is 0 Å². The molecule has 2 aromatic rings. The van der Waals surface area contributed by atoms with Gasteiger partial charge in [-0.3, -0.25) is 14.4 Å². The van der Waals surface area contributed by atoms with Gasteiger partial charge in [0.2, 0.25) is 5.91 Å². The predicted octanol–water partition coefficient (Wildman–Crippen LogP) is 4.56. The Bertz CT molecular complexity index is 1040. The Morgan fingerprint density at radius 3 is 2.20 bits per heavy atom. The lowest BCUT2D eigenvalue weighted by Gasteiger charge is -2.13. The van der Waals surface area contributed by atoms with Crippen LogP contribution in [0, 0.1) is 0 Å². The highest BCUT2D eigenvalue weighted by Gasteiger charge is 2.33. The Balaban J connectivity index is 1.73. The van der Waals surface area contributed by atoms with Crippen molar-refractivity contribution < 1.29 is 41.8 Å². The van der Waals surface area contributed by atoms with Crippen molar-refractivity contribution in [2.45, 2.75) is 38.8 Å². The molecule has 2 amide bonds. The predicted molar refractivity (Wildman–Crippen MR) is 121 cm³/mol. The molecule has 0 aliphatic carbocycles. The molecule has 0 bridgehead atoms. The van der Waals surface area contributed by atoms with Crippen LogP contribution in [0.15, 0.2) is 48.5 Å². The van der Waals surface area contributed by atoms with Crippen molar-refractivity contribution in [3.05, 3.63) is 59.7 Å². The van der Waals surface area contributed by atoms with Gasteiger partial charge in [-0.15, -0.1) is 0 Å². The van der Waals surface area contributed by atoms with Crippen molar-refractivity contribution in [2.75, 3.05) is 23.8 Å². The molecule has 188 valence electrons. The largest absolute Gasteiger partial charge is 0.462 e. The van der Waals surface area contributed by atoms with E-state index >= 15 is 0 Å². The highest BCUT2D eigenvalue weighted by atomic mass is 19.4. The minimum atomic E-state index is -4.66. The van der Waals surface area contributed by atoms with Gasteiger partial charge in [0.15, 0.2) is 6.61 Å². The molecule has 0 unspecified atom stereocenters. The maximum atomic E-state index is 13.0. The third-order valence-electron chi connectivity index (χ3n) is 4.56. The van der Waals surface area contributed by atoms with Gasteiger partial charge in [-0.25, -0.2) is 4.79 Å². The zero-order valence-corrected chi connectivity index (χ0v) is 18.9. The minimum Gasteiger partial charge on any atom is -0.462 e. The molecule has 35 heavy (non-hydrogen) atoms. The van der Waals surface area contributed by atoms with Gasteiger partial charge in [-0.1, -0.05) is 25.5 Å². The number of hydrogen-bond donors (Lipinski definition) is 2. The summed E-state index contributed by atoms with van der Waals surface area (Å²) in [6.45, 7) is 1.50. The molecule has 2 aromatic carbocycles. The fourth-order valence-corrected chi connectivity index (χ4v) is 2.77. The lowest BCUT2D eigenvalue weighted by atomic mass is 10.1. The number of rotatable bonds is 11. The van der Waals surface area contributed by atoms with E-state index in [0.717, 1.165) is 25.0 Å². The number of alkyl halides is 3. The summed E-state index contributed by atoms with van der Waals surface area (Å²) in [6.07, 6.45) is -3.60. The van der Waals surface area contributed by atoms with Crippen LogP contribution in [0.2, 0.25) is 0 Å². The second-order valence-electron chi connectivity index (χ2n) is 7.37. The summed E-state index contributed by atoms with van der Waals surface area (Å²) in [7, 11) is 0. The second-order valence-corrected chi connectivity index (χ2v) is 7.37. The number of para-hydroxylation sites is 1. The normalized spacial score (nSPS) is 10.9. The minimum absolute atomic E-state index is 0.252. The van der Waals surface area contributed by atoms with E-state index in [0.29, 0.717) is 17.9 Å². The van der Waals surface area contributed by atoms with Gasteiger partial charge in [-0.2, -0.15) is 13.2 Å². The Labute approximate surface area is 199 Å². The van der Waals surface area contributed by atoms with E-state index in [1.807, 2.05) is 12.2 Å². The Hall–Kier alpha value is -3.89. The summed E-state index contributed by atoms with van der Waals surface area (Å²) < 4.78 is 48.7. The summed E-state index contributed by atoms with van der Waals surface area (Å²) in [4.78, 5) is 47.5. The summed E-state index contributed by atoms with van der Waals surface area (Å²) in [5.41, 5.74) is -0.756. The number of nitrogens with one attached hydrogen (secondary N) is 2. The lowest BCUT2D eigenvalue weighted by molar-refractivity contribution is -0.148. The van der Waals surface area contributed by atoms with E-state index < -0.39 is 47.8 Å². The van der Waals surface area contributed by atoms with E-state index in [1.54, 1.807) is 0 Å². The fraction of sp³-hybridized carbons (Fsp3) is 0.333. The van der Waals surface area contributed by atoms with Gasteiger partial charge in [-0.05, 0) is 42.8 Å². The third kappa shape index (κ3) is 9.48. The van der Waals surface area contributed by atoms with Gasteiger partial charge >= 0.3 is 18.1 Å². The third-order valence-corrected chi connectivity index (χ3v) is 4.56. The first-order chi connectivity index (χ1) is 16.6. The Morgan fingerprint density at radius 2 is 1.54 bits per heavy atom. The number of unbranched alkanes of at least 4 members (excludes halogenated alkanes) is 1. The van der Waals surface area contributed by atoms with Crippen LogP contribution in [0.25, 0.3) is 0 Å². The molecular formula is C24H25F3N2O6. The van der Waals surface area contributed by atoms with Crippen molar-refractivity contribution in [3.8, 4) is 0 Å². The molecule has 0 atom stereocenters. The molecular weight excluding hydrogens is 469 g/mol. The molecule has 11 heteroatoms. The van der Waals surface area contributed by atoms with Gasteiger partial charge < -0.3 is 20.1 Å². The van der Waals surface area contributed by atoms with Crippen molar-refractivity contribution in [1.29, 1.82) is 0 Å². The first-order valence-corrected chi connectivity index (χ1v) is 10.8. The van der Waals surface area contributed by atoms with Gasteiger partial charge in [0.1, 0.15) is 0 Å². The topological polar surface area (TPSA) is 111 Å². The monoisotopic (exact) mass is 494 g/mol. The zero-order chi connectivity index (χ0) is 25.8. The first-order valence-electron chi connectivity index (χ1n) is 10.8. The first kappa shape index (κ1) is 27.4. The molecule has 0 aliphatic heterocycles.